The van der Waals surface area contributed by atoms with E-state index in [0.29, 0.717) is 19.3 Å². The van der Waals surface area contributed by atoms with Crippen LogP contribution in [-0.2, 0) is 35.1 Å². The molecule has 0 aromatic heterocycles. The van der Waals surface area contributed by atoms with Crippen LogP contribution < -0.4 is 0 Å². The molecule has 0 spiro atoms. The Labute approximate surface area is 139 Å². The highest BCUT2D eigenvalue weighted by Crippen LogP contribution is 2.26. The first-order chi connectivity index (χ1) is 10.6. The first-order valence-corrected chi connectivity index (χ1v) is 9.35. The molecule has 0 aromatic carbocycles. The number of rotatable bonds is 6. The number of piperidine rings is 1. The maximum atomic E-state index is 12.4. The van der Waals surface area contributed by atoms with Crippen molar-refractivity contribution < 1.29 is 34.7 Å². The van der Waals surface area contributed by atoms with Crippen LogP contribution in [0.25, 0.3) is 0 Å². The van der Waals surface area contributed by atoms with Gasteiger partial charge in [-0.2, -0.15) is 0 Å². The predicted molar refractivity (Wildman–Crippen MR) is 82.0 cm³/mol. The molecule has 1 saturated heterocycles. The maximum absolute atomic E-state index is 12.4. The minimum atomic E-state index is -3.03. The summed E-state index contributed by atoms with van der Waals surface area (Å²) in [7, 11) is -6.06. The van der Waals surface area contributed by atoms with Gasteiger partial charge >= 0.3 is 6.09 Å². The van der Waals surface area contributed by atoms with Crippen molar-refractivity contribution in [3.8, 4) is 0 Å². The fourth-order valence-electron chi connectivity index (χ4n) is 2.40. The van der Waals surface area contributed by atoms with Crippen LogP contribution in [0.15, 0.2) is 0 Å². The Kier molecular flexibility index (Phi) is 7.71. The Balaban J connectivity index is 2.91. The van der Waals surface area contributed by atoms with Gasteiger partial charge in [0.25, 0.3) is 22.0 Å². The zero-order valence-corrected chi connectivity index (χ0v) is 15.1. The number of likely N-dealkylation sites (tertiary alicyclic amines) is 1. The number of hydrogen-bond donors (Lipinski definition) is 2. The summed E-state index contributed by atoms with van der Waals surface area (Å²) in [4.78, 5) is 13.7. The van der Waals surface area contributed by atoms with Gasteiger partial charge in [-0.25, -0.2) is 21.6 Å². The van der Waals surface area contributed by atoms with Crippen molar-refractivity contribution in [3.05, 3.63) is 0 Å². The summed E-state index contributed by atoms with van der Waals surface area (Å²) < 4.78 is 57.0. The summed E-state index contributed by atoms with van der Waals surface area (Å²) in [6.07, 6.45) is 1.10. The van der Waals surface area contributed by atoms with Gasteiger partial charge in [0.1, 0.15) is 5.60 Å². The second kappa shape index (κ2) is 8.81. The predicted octanol–water partition coefficient (Wildman–Crippen LogP) is 0.231. The minimum absolute atomic E-state index is 0.196. The molecule has 0 bridgehead atoms. The van der Waals surface area contributed by atoms with Gasteiger partial charge in [-0.1, -0.05) is 0 Å². The molecule has 2 atom stereocenters. The second-order valence-electron chi connectivity index (χ2n) is 6.16. The van der Waals surface area contributed by atoms with E-state index in [2.05, 4.69) is 8.37 Å². The average Bonchev–Trinajstić information content (AvgIpc) is 2.40. The quantitative estimate of drug-likeness (QED) is 0.636. The number of amides is 1. The smallest absolute Gasteiger partial charge is 0.410 e. The maximum Gasteiger partial charge on any atom is 0.410 e. The minimum Gasteiger partial charge on any atom is -0.444 e. The monoisotopic (exact) mass is 373 g/mol. The summed E-state index contributed by atoms with van der Waals surface area (Å²) in [5.41, 5.74) is -0.737. The zero-order chi connectivity index (χ0) is 17.6. The molecular formula is C12H23NO8S2. The molecule has 11 heteroatoms. The van der Waals surface area contributed by atoms with E-state index >= 15 is 0 Å². The van der Waals surface area contributed by atoms with Crippen LogP contribution >= 0.6 is 0 Å². The van der Waals surface area contributed by atoms with E-state index in [9.17, 15) is 21.6 Å². The van der Waals surface area contributed by atoms with Crippen LogP contribution in [0.1, 0.15) is 40.0 Å². The molecule has 23 heavy (non-hydrogen) atoms. The second-order valence-corrected chi connectivity index (χ2v) is 7.58. The van der Waals surface area contributed by atoms with Crippen molar-refractivity contribution in [2.45, 2.75) is 57.7 Å². The third-order valence-corrected chi connectivity index (χ3v) is 3.93. The van der Waals surface area contributed by atoms with Gasteiger partial charge in [0, 0.05) is 0 Å². The summed E-state index contributed by atoms with van der Waals surface area (Å²) in [6.45, 7) is 4.72. The summed E-state index contributed by atoms with van der Waals surface area (Å²) in [5.74, 6) is 0. The number of nitrogens with zero attached hydrogens (tertiary/aromatic N) is 1. The molecule has 0 N–H and O–H groups in total. The fourth-order valence-corrected chi connectivity index (χ4v) is 2.99. The molecule has 1 rings (SSSR count). The van der Waals surface area contributed by atoms with Gasteiger partial charge in [-0.3, -0.25) is 13.3 Å². The summed E-state index contributed by atoms with van der Waals surface area (Å²) in [5, 5.41) is 0. The van der Waals surface area contributed by atoms with Crippen LogP contribution in [0.4, 0.5) is 4.79 Å². The lowest BCUT2D eigenvalue weighted by Gasteiger charge is -2.41. The third-order valence-electron chi connectivity index (χ3n) is 3.21. The van der Waals surface area contributed by atoms with Gasteiger partial charge in [0.2, 0.25) is 0 Å². The molecule has 9 nitrogen and oxygen atoms in total. The normalized spacial score (nSPS) is 22.6. The highest BCUT2D eigenvalue weighted by molar-refractivity contribution is 7.67. The third kappa shape index (κ3) is 7.46. The van der Waals surface area contributed by atoms with E-state index in [-0.39, 0.29) is 13.2 Å². The zero-order valence-electron chi connectivity index (χ0n) is 13.3. The average molecular weight is 373 g/mol. The Morgan fingerprint density at radius 3 is 1.78 bits per heavy atom. The van der Waals surface area contributed by atoms with Crippen molar-refractivity contribution >= 4 is 28.1 Å². The van der Waals surface area contributed by atoms with Crippen molar-refractivity contribution in [2.24, 2.45) is 0 Å². The van der Waals surface area contributed by atoms with E-state index in [1.165, 1.54) is 4.90 Å². The van der Waals surface area contributed by atoms with Crippen molar-refractivity contribution in [1.82, 2.24) is 4.90 Å². The Bertz CT molecular complexity index is 502. The number of carbonyl (C=O) groups is 1. The van der Waals surface area contributed by atoms with Crippen LogP contribution in [0.2, 0.25) is 0 Å². The van der Waals surface area contributed by atoms with E-state index in [1.54, 1.807) is 20.8 Å². The van der Waals surface area contributed by atoms with Crippen LogP contribution in [0.3, 0.4) is 0 Å². The molecule has 0 saturated carbocycles. The summed E-state index contributed by atoms with van der Waals surface area (Å²) in [6, 6.07) is -1.05. The lowest BCUT2D eigenvalue weighted by Crippen LogP contribution is -2.54. The SMILES string of the molecule is CC(C)(C)OC(=O)N1C(CO[SH](=O)=O)CCCC1CO[SH](=O)=O. The molecule has 0 aromatic rings. The lowest BCUT2D eigenvalue weighted by atomic mass is 9.97. The highest BCUT2D eigenvalue weighted by atomic mass is 32.2. The van der Waals surface area contributed by atoms with E-state index in [0.717, 1.165) is 0 Å². The van der Waals surface area contributed by atoms with Crippen molar-refractivity contribution in [2.75, 3.05) is 13.2 Å². The van der Waals surface area contributed by atoms with Crippen LogP contribution in [0.5, 0.6) is 0 Å². The van der Waals surface area contributed by atoms with Gasteiger partial charge in [-0.05, 0) is 40.0 Å². The number of thiol groups is 2. The molecule has 1 heterocycles. The molecule has 136 valence electrons. The molecule has 0 aliphatic carbocycles. The van der Waals surface area contributed by atoms with E-state index in [1.807, 2.05) is 0 Å². The number of hydrogen-bond acceptors (Lipinski definition) is 8. The van der Waals surface area contributed by atoms with Crippen molar-refractivity contribution in [3.63, 3.8) is 0 Å². The number of carbonyl (C=O) groups excluding carboxylic acids is 1. The first kappa shape index (κ1) is 20.1. The van der Waals surface area contributed by atoms with Crippen LogP contribution in [-0.4, -0.2) is 58.7 Å². The molecule has 1 fully saturated rings. The van der Waals surface area contributed by atoms with E-state index < -0.39 is 45.7 Å². The standard InChI is InChI=1S/C12H23NO8S2/c1-12(2,3)21-11(14)13-9(7-19-22(15)16)5-4-6-10(13)8-20-23(17)18/h9-10,22-23H,4-8H2,1-3H3. The Hall–Kier alpha value is -0.910. The molecule has 2 unspecified atom stereocenters. The number of ether oxygens (including phenoxy) is 1. The van der Waals surface area contributed by atoms with Gasteiger partial charge in [0.15, 0.2) is 0 Å². The molecule has 1 amide bonds. The molecular weight excluding hydrogens is 350 g/mol. The van der Waals surface area contributed by atoms with Gasteiger partial charge in [0.05, 0.1) is 25.3 Å². The topological polar surface area (TPSA) is 116 Å². The van der Waals surface area contributed by atoms with E-state index in [4.69, 9.17) is 4.74 Å². The molecule has 0 radical (unpaired) electrons. The lowest BCUT2D eigenvalue weighted by molar-refractivity contribution is -0.0192. The van der Waals surface area contributed by atoms with Crippen molar-refractivity contribution in [1.29, 1.82) is 0 Å². The Morgan fingerprint density at radius 2 is 1.43 bits per heavy atom. The Morgan fingerprint density at radius 1 is 1.00 bits per heavy atom. The highest BCUT2D eigenvalue weighted by Gasteiger charge is 2.37. The molecule has 1 aliphatic heterocycles. The fraction of sp³-hybridized carbons (Fsp3) is 0.917. The van der Waals surface area contributed by atoms with Crippen LogP contribution in [0, 0.1) is 0 Å². The van der Waals surface area contributed by atoms with Gasteiger partial charge in [-0.15, -0.1) is 0 Å². The summed E-state index contributed by atoms with van der Waals surface area (Å²) >= 11 is 0. The largest absolute Gasteiger partial charge is 0.444 e. The van der Waals surface area contributed by atoms with Gasteiger partial charge < -0.3 is 4.74 Å². The molecule has 1 aliphatic rings. The first-order valence-electron chi connectivity index (χ1n) is 7.16.